The molecular weight excluding hydrogens is 313 g/mol. The lowest BCUT2D eigenvalue weighted by Crippen LogP contribution is -1.97. The zero-order chi connectivity index (χ0) is 17.1. The van der Waals surface area contributed by atoms with E-state index in [0.29, 0.717) is 11.3 Å². The highest BCUT2D eigenvalue weighted by molar-refractivity contribution is 5.91. The number of hydrogen-bond donors (Lipinski definition) is 0. The Morgan fingerprint density at radius 2 is 1.56 bits per heavy atom. The maximum absolute atomic E-state index is 13.7. The molecule has 4 aromatic rings. The standard InChI is InChI=1S/C21H14FN3/c22-17-10-6-9-16(13-17)21-20(15-7-2-1-3-8-15)18(14-24-25-21)19-11-4-5-12-23-19/h1-14H. The Morgan fingerprint density at radius 1 is 0.760 bits per heavy atom. The van der Waals surface area contributed by atoms with E-state index < -0.39 is 0 Å². The number of pyridine rings is 1. The molecule has 0 saturated carbocycles. The zero-order valence-electron chi connectivity index (χ0n) is 13.3. The minimum atomic E-state index is -0.304. The van der Waals surface area contributed by atoms with Crippen LogP contribution >= 0.6 is 0 Å². The summed E-state index contributed by atoms with van der Waals surface area (Å²) in [5.74, 6) is -0.304. The number of benzene rings is 2. The van der Waals surface area contributed by atoms with E-state index in [0.717, 1.165) is 22.4 Å². The van der Waals surface area contributed by atoms with E-state index in [4.69, 9.17) is 0 Å². The van der Waals surface area contributed by atoms with Crippen LogP contribution in [-0.4, -0.2) is 15.2 Å². The molecule has 3 nitrogen and oxygen atoms in total. The largest absolute Gasteiger partial charge is 0.256 e. The first kappa shape index (κ1) is 15.1. The third-order valence-corrected chi connectivity index (χ3v) is 3.95. The van der Waals surface area contributed by atoms with Gasteiger partial charge >= 0.3 is 0 Å². The molecule has 0 saturated heterocycles. The zero-order valence-corrected chi connectivity index (χ0v) is 13.3. The number of aromatic nitrogens is 3. The van der Waals surface area contributed by atoms with Gasteiger partial charge in [-0.1, -0.05) is 48.5 Å². The van der Waals surface area contributed by atoms with Crippen LogP contribution in [0.25, 0.3) is 33.6 Å². The van der Waals surface area contributed by atoms with Gasteiger partial charge in [0.1, 0.15) is 11.5 Å². The fourth-order valence-corrected chi connectivity index (χ4v) is 2.84. The smallest absolute Gasteiger partial charge is 0.123 e. The predicted molar refractivity (Wildman–Crippen MR) is 96.1 cm³/mol. The van der Waals surface area contributed by atoms with Crippen LogP contribution in [0.15, 0.2) is 85.2 Å². The topological polar surface area (TPSA) is 38.7 Å². The molecular formula is C21H14FN3. The number of rotatable bonds is 3. The molecule has 4 rings (SSSR count). The van der Waals surface area contributed by atoms with Crippen molar-refractivity contribution in [2.75, 3.05) is 0 Å². The maximum Gasteiger partial charge on any atom is 0.123 e. The number of halogens is 1. The molecule has 0 spiro atoms. The van der Waals surface area contributed by atoms with Gasteiger partial charge in [0.2, 0.25) is 0 Å². The maximum atomic E-state index is 13.7. The van der Waals surface area contributed by atoms with Crippen molar-refractivity contribution in [3.63, 3.8) is 0 Å². The Balaban J connectivity index is 2.02. The fourth-order valence-electron chi connectivity index (χ4n) is 2.84. The average Bonchev–Trinajstić information content (AvgIpc) is 2.69. The van der Waals surface area contributed by atoms with E-state index in [1.165, 1.54) is 12.1 Å². The molecule has 25 heavy (non-hydrogen) atoms. The van der Waals surface area contributed by atoms with Gasteiger partial charge in [-0.3, -0.25) is 4.98 Å². The third kappa shape index (κ3) is 3.02. The first-order valence-corrected chi connectivity index (χ1v) is 7.91. The Morgan fingerprint density at radius 3 is 2.32 bits per heavy atom. The summed E-state index contributed by atoms with van der Waals surface area (Å²) in [6.07, 6.45) is 3.44. The van der Waals surface area contributed by atoms with Crippen LogP contribution in [0.4, 0.5) is 4.39 Å². The predicted octanol–water partition coefficient (Wildman–Crippen LogP) is 5.01. The molecule has 0 radical (unpaired) electrons. The van der Waals surface area contributed by atoms with Gasteiger partial charge in [0, 0.05) is 22.9 Å². The van der Waals surface area contributed by atoms with E-state index in [2.05, 4.69) is 15.2 Å². The highest BCUT2D eigenvalue weighted by atomic mass is 19.1. The molecule has 0 aliphatic rings. The molecule has 0 atom stereocenters. The molecule has 2 heterocycles. The molecule has 0 bridgehead atoms. The van der Waals surface area contributed by atoms with Crippen molar-refractivity contribution in [2.24, 2.45) is 0 Å². The highest BCUT2D eigenvalue weighted by Gasteiger charge is 2.17. The van der Waals surface area contributed by atoms with E-state index in [9.17, 15) is 4.39 Å². The van der Waals surface area contributed by atoms with Gasteiger partial charge in [-0.2, -0.15) is 5.10 Å². The van der Waals surface area contributed by atoms with Crippen molar-refractivity contribution in [3.05, 3.63) is 91.0 Å². The van der Waals surface area contributed by atoms with Crippen molar-refractivity contribution in [2.45, 2.75) is 0 Å². The SMILES string of the molecule is Fc1cccc(-c2nncc(-c3ccccn3)c2-c2ccccc2)c1. The molecule has 0 aliphatic heterocycles. The Labute approximate surface area is 144 Å². The molecule has 0 unspecified atom stereocenters. The van der Waals surface area contributed by atoms with E-state index in [1.54, 1.807) is 18.5 Å². The van der Waals surface area contributed by atoms with Gasteiger partial charge in [0.25, 0.3) is 0 Å². The third-order valence-electron chi connectivity index (χ3n) is 3.95. The molecule has 2 aromatic carbocycles. The van der Waals surface area contributed by atoms with Gasteiger partial charge in [-0.25, -0.2) is 4.39 Å². The summed E-state index contributed by atoms with van der Waals surface area (Å²) in [4.78, 5) is 4.45. The Bertz CT molecular complexity index is 1000. The average molecular weight is 327 g/mol. The molecule has 2 aromatic heterocycles. The van der Waals surface area contributed by atoms with Crippen molar-refractivity contribution in [1.82, 2.24) is 15.2 Å². The summed E-state index contributed by atoms with van der Waals surface area (Å²) >= 11 is 0. The lowest BCUT2D eigenvalue weighted by molar-refractivity contribution is 0.628. The molecule has 0 aliphatic carbocycles. The van der Waals surface area contributed by atoms with Gasteiger partial charge in [0.05, 0.1) is 11.9 Å². The lowest BCUT2D eigenvalue weighted by atomic mass is 9.94. The molecule has 0 N–H and O–H groups in total. The molecule has 0 fully saturated rings. The van der Waals surface area contributed by atoms with Crippen LogP contribution < -0.4 is 0 Å². The van der Waals surface area contributed by atoms with Crippen LogP contribution in [0.3, 0.4) is 0 Å². The van der Waals surface area contributed by atoms with Crippen LogP contribution in [0.1, 0.15) is 0 Å². The second kappa shape index (κ2) is 6.61. The van der Waals surface area contributed by atoms with Crippen LogP contribution in [0.5, 0.6) is 0 Å². The quantitative estimate of drug-likeness (QED) is 0.531. The number of nitrogens with zero attached hydrogens (tertiary/aromatic N) is 3. The highest BCUT2D eigenvalue weighted by Crippen LogP contribution is 2.37. The number of hydrogen-bond acceptors (Lipinski definition) is 3. The first-order valence-electron chi connectivity index (χ1n) is 7.91. The summed E-state index contributed by atoms with van der Waals surface area (Å²) in [7, 11) is 0. The van der Waals surface area contributed by atoms with Crippen LogP contribution in [0, 0.1) is 5.82 Å². The summed E-state index contributed by atoms with van der Waals surface area (Å²) in [5.41, 5.74) is 4.85. The van der Waals surface area contributed by atoms with Crippen molar-refractivity contribution in [1.29, 1.82) is 0 Å². The van der Waals surface area contributed by atoms with Crippen molar-refractivity contribution < 1.29 is 4.39 Å². The fraction of sp³-hybridized carbons (Fsp3) is 0. The molecule has 0 amide bonds. The van der Waals surface area contributed by atoms with E-state index in [-0.39, 0.29) is 5.82 Å². The second-order valence-corrected chi connectivity index (χ2v) is 5.57. The molecule has 120 valence electrons. The molecule has 4 heteroatoms. The van der Waals surface area contributed by atoms with Crippen LogP contribution in [-0.2, 0) is 0 Å². The Hall–Kier alpha value is -3.40. The summed E-state index contributed by atoms with van der Waals surface area (Å²) < 4.78 is 13.7. The minimum absolute atomic E-state index is 0.304. The lowest BCUT2D eigenvalue weighted by Gasteiger charge is -2.13. The summed E-state index contributed by atoms with van der Waals surface area (Å²) in [5, 5.41) is 8.45. The van der Waals surface area contributed by atoms with Gasteiger partial charge in [-0.15, -0.1) is 5.10 Å². The Kier molecular flexibility index (Phi) is 4.01. The minimum Gasteiger partial charge on any atom is -0.256 e. The van der Waals surface area contributed by atoms with Gasteiger partial charge < -0.3 is 0 Å². The first-order chi connectivity index (χ1) is 12.3. The monoisotopic (exact) mass is 327 g/mol. The van der Waals surface area contributed by atoms with E-state index >= 15 is 0 Å². The normalized spacial score (nSPS) is 10.6. The van der Waals surface area contributed by atoms with Crippen molar-refractivity contribution in [3.8, 4) is 33.6 Å². The van der Waals surface area contributed by atoms with Crippen LogP contribution in [0.2, 0.25) is 0 Å². The summed E-state index contributed by atoms with van der Waals surface area (Å²) in [6.45, 7) is 0. The second-order valence-electron chi connectivity index (χ2n) is 5.57. The van der Waals surface area contributed by atoms with E-state index in [1.807, 2.05) is 54.6 Å². The van der Waals surface area contributed by atoms with Gasteiger partial charge in [-0.05, 0) is 29.8 Å². The van der Waals surface area contributed by atoms with Crippen molar-refractivity contribution >= 4 is 0 Å². The van der Waals surface area contributed by atoms with Gasteiger partial charge in [0.15, 0.2) is 0 Å². The summed E-state index contributed by atoms with van der Waals surface area (Å²) in [6, 6.07) is 22.0.